The summed E-state index contributed by atoms with van der Waals surface area (Å²) in [5.74, 6) is 0.897. The van der Waals surface area contributed by atoms with Crippen molar-refractivity contribution >= 4 is 0 Å². The Hall–Kier alpha value is -0.0800. The van der Waals surface area contributed by atoms with Gasteiger partial charge in [-0.1, -0.05) is 6.92 Å². The van der Waals surface area contributed by atoms with E-state index >= 15 is 0 Å². The van der Waals surface area contributed by atoms with Crippen molar-refractivity contribution in [1.29, 1.82) is 0 Å². The number of nitrogens with one attached hydrogen (secondary N) is 1. The highest BCUT2D eigenvalue weighted by Crippen LogP contribution is 2.17. The van der Waals surface area contributed by atoms with E-state index < -0.39 is 0 Å². The maximum atomic E-state index is 3.51. The van der Waals surface area contributed by atoms with Crippen LogP contribution in [-0.2, 0) is 0 Å². The van der Waals surface area contributed by atoms with Crippen LogP contribution in [0.1, 0.15) is 33.6 Å². The summed E-state index contributed by atoms with van der Waals surface area (Å²) in [6, 6.07) is 0.733. The van der Waals surface area contributed by atoms with E-state index in [1.165, 1.54) is 39.0 Å². The summed E-state index contributed by atoms with van der Waals surface area (Å²) in [6.45, 7) is 11.8. The van der Waals surface area contributed by atoms with Gasteiger partial charge in [0.2, 0.25) is 0 Å². The van der Waals surface area contributed by atoms with Crippen LogP contribution in [0.3, 0.4) is 0 Å². The second-order valence-corrected chi connectivity index (χ2v) is 4.45. The molecule has 2 nitrogen and oxygen atoms in total. The topological polar surface area (TPSA) is 15.3 Å². The fraction of sp³-hybridized carbons (Fsp3) is 1.00. The van der Waals surface area contributed by atoms with Gasteiger partial charge in [0.15, 0.2) is 0 Å². The average molecular weight is 184 g/mol. The van der Waals surface area contributed by atoms with Gasteiger partial charge >= 0.3 is 0 Å². The Bertz CT molecular complexity index is 134. The van der Waals surface area contributed by atoms with Crippen LogP contribution in [0.15, 0.2) is 0 Å². The molecule has 2 heteroatoms. The van der Waals surface area contributed by atoms with Crippen molar-refractivity contribution in [3.8, 4) is 0 Å². The lowest BCUT2D eigenvalue weighted by Gasteiger charge is -2.20. The SMILES string of the molecule is CCCNCC1CCN(C(C)C)C1. The van der Waals surface area contributed by atoms with E-state index in [-0.39, 0.29) is 0 Å². The Balaban J connectivity index is 2.10. The van der Waals surface area contributed by atoms with Gasteiger partial charge < -0.3 is 10.2 Å². The molecule has 0 aromatic carbocycles. The van der Waals surface area contributed by atoms with Gasteiger partial charge in [0.1, 0.15) is 0 Å². The molecule has 0 aromatic heterocycles. The molecule has 0 aliphatic carbocycles. The van der Waals surface area contributed by atoms with Crippen LogP contribution in [0.25, 0.3) is 0 Å². The van der Waals surface area contributed by atoms with Crippen LogP contribution in [0.5, 0.6) is 0 Å². The summed E-state index contributed by atoms with van der Waals surface area (Å²) < 4.78 is 0. The first-order valence-electron chi connectivity index (χ1n) is 5.68. The van der Waals surface area contributed by atoms with E-state index in [1.54, 1.807) is 0 Å². The van der Waals surface area contributed by atoms with Gasteiger partial charge in [0, 0.05) is 12.6 Å². The molecule has 0 spiro atoms. The number of hydrogen-bond acceptors (Lipinski definition) is 2. The highest BCUT2D eigenvalue weighted by atomic mass is 15.2. The van der Waals surface area contributed by atoms with Crippen molar-refractivity contribution < 1.29 is 0 Å². The summed E-state index contributed by atoms with van der Waals surface area (Å²) in [5.41, 5.74) is 0. The fourth-order valence-electron chi connectivity index (χ4n) is 1.98. The quantitative estimate of drug-likeness (QED) is 0.654. The van der Waals surface area contributed by atoms with Gasteiger partial charge in [-0.3, -0.25) is 0 Å². The van der Waals surface area contributed by atoms with Gasteiger partial charge in [-0.05, 0) is 52.2 Å². The largest absolute Gasteiger partial charge is 0.316 e. The maximum absolute atomic E-state index is 3.51. The summed E-state index contributed by atoms with van der Waals surface area (Å²) in [6.07, 6.45) is 2.63. The third-order valence-electron chi connectivity index (χ3n) is 2.91. The zero-order valence-electron chi connectivity index (χ0n) is 9.34. The highest BCUT2D eigenvalue weighted by Gasteiger charge is 2.23. The molecule has 1 rings (SSSR count). The lowest BCUT2D eigenvalue weighted by Crippen LogP contribution is -2.30. The summed E-state index contributed by atoms with van der Waals surface area (Å²) >= 11 is 0. The first kappa shape index (κ1) is 11.0. The van der Waals surface area contributed by atoms with E-state index in [0.717, 1.165) is 12.0 Å². The molecular formula is C11H24N2. The van der Waals surface area contributed by atoms with Crippen LogP contribution in [0.4, 0.5) is 0 Å². The molecule has 0 bridgehead atoms. The number of rotatable bonds is 5. The van der Waals surface area contributed by atoms with Crippen molar-refractivity contribution in [3.05, 3.63) is 0 Å². The summed E-state index contributed by atoms with van der Waals surface area (Å²) in [5, 5.41) is 3.51. The molecule has 1 fully saturated rings. The molecule has 1 aliphatic heterocycles. The first-order chi connectivity index (χ1) is 6.24. The van der Waals surface area contributed by atoms with E-state index in [4.69, 9.17) is 0 Å². The van der Waals surface area contributed by atoms with Crippen molar-refractivity contribution in [2.24, 2.45) is 5.92 Å². The van der Waals surface area contributed by atoms with Gasteiger partial charge in [-0.15, -0.1) is 0 Å². The Labute approximate surface area is 82.7 Å². The second-order valence-electron chi connectivity index (χ2n) is 4.45. The van der Waals surface area contributed by atoms with Crippen LogP contribution in [0.2, 0.25) is 0 Å². The van der Waals surface area contributed by atoms with E-state index in [0.29, 0.717) is 0 Å². The van der Waals surface area contributed by atoms with Crippen molar-refractivity contribution in [2.45, 2.75) is 39.7 Å². The van der Waals surface area contributed by atoms with Crippen LogP contribution < -0.4 is 5.32 Å². The molecule has 0 radical (unpaired) electrons. The minimum Gasteiger partial charge on any atom is -0.316 e. The van der Waals surface area contributed by atoms with Crippen LogP contribution in [0, 0.1) is 5.92 Å². The summed E-state index contributed by atoms with van der Waals surface area (Å²) in [4.78, 5) is 2.58. The van der Waals surface area contributed by atoms with Gasteiger partial charge in [-0.25, -0.2) is 0 Å². The lowest BCUT2D eigenvalue weighted by atomic mass is 10.1. The molecule has 0 aromatic rings. The number of likely N-dealkylation sites (tertiary alicyclic amines) is 1. The van der Waals surface area contributed by atoms with Gasteiger partial charge in [0.05, 0.1) is 0 Å². The van der Waals surface area contributed by atoms with Crippen molar-refractivity contribution in [3.63, 3.8) is 0 Å². The average Bonchev–Trinajstić information content (AvgIpc) is 2.53. The van der Waals surface area contributed by atoms with E-state index in [2.05, 4.69) is 31.0 Å². The monoisotopic (exact) mass is 184 g/mol. The Kier molecular flexibility index (Phi) is 4.74. The maximum Gasteiger partial charge on any atom is 0.00387 e. The highest BCUT2D eigenvalue weighted by molar-refractivity contribution is 4.78. The third-order valence-corrected chi connectivity index (χ3v) is 2.91. The zero-order valence-corrected chi connectivity index (χ0v) is 9.34. The normalized spacial score (nSPS) is 24.5. The van der Waals surface area contributed by atoms with Crippen LogP contribution in [-0.4, -0.2) is 37.1 Å². The first-order valence-corrected chi connectivity index (χ1v) is 5.68. The molecule has 0 saturated carbocycles. The molecule has 1 N–H and O–H groups in total. The van der Waals surface area contributed by atoms with Gasteiger partial charge in [-0.2, -0.15) is 0 Å². The smallest absolute Gasteiger partial charge is 0.00387 e. The number of nitrogens with zero attached hydrogens (tertiary/aromatic N) is 1. The molecule has 13 heavy (non-hydrogen) atoms. The number of hydrogen-bond donors (Lipinski definition) is 1. The Morgan fingerprint density at radius 3 is 2.77 bits per heavy atom. The molecule has 1 heterocycles. The molecule has 78 valence electrons. The zero-order chi connectivity index (χ0) is 9.68. The minimum absolute atomic E-state index is 0.733. The molecule has 1 unspecified atom stereocenters. The van der Waals surface area contributed by atoms with E-state index in [1.807, 2.05) is 0 Å². The third kappa shape index (κ3) is 3.65. The molecular weight excluding hydrogens is 160 g/mol. The molecule has 1 atom stereocenters. The molecule has 1 saturated heterocycles. The van der Waals surface area contributed by atoms with Crippen LogP contribution >= 0.6 is 0 Å². The molecule has 0 amide bonds. The minimum atomic E-state index is 0.733. The van der Waals surface area contributed by atoms with E-state index in [9.17, 15) is 0 Å². The second kappa shape index (κ2) is 5.61. The lowest BCUT2D eigenvalue weighted by molar-refractivity contribution is 0.264. The predicted molar refractivity (Wildman–Crippen MR) is 58.0 cm³/mol. The summed E-state index contributed by atoms with van der Waals surface area (Å²) in [7, 11) is 0. The predicted octanol–water partition coefficient (Wildman–Crippen LogP) is 1.72. The van der Waals surface area contributed by atoms with Crippen molar-refractivity contribution in [1.82, 2.24) is 10.2 Å². The Morgan fingerprint density at radius 2 is 2.23 bits per heavy atom. The fourth-order valence-corrected chi connectivity index (χ4v) is 1.98. The Morgan fingerprint density at radius 1 is 1.46 bits per heavy atom. The standard InChI is InChI=1S/C11H24N2/c1-4-6-12-8-11-5-7-13(9-11)10(2)3/h10-12H,4-9H2,1-3H3. The van der Waals surface area contributed by atoms with Gasteiger partial charge in [0.25, 0.3) is 0 Å². The van der Waals surface area contributed by atoms with Crippen molar-refractivity contribution in [2.75, 3.05) is 26.2 Å². The molecule has 1 aliphatic rings.